The number of hydrogen-bond acceptors (Lipinski definition) is 6. The highest BCUT2D eigenvalue weighted by atomic mass is 16.5. The quantitative estimate of drug-likeness (QED) is 0.901. The minimum atomic E-state index is 0.0112. The molecule has 0 bridgehead atoms. The van der Waals surface area contributed by atoms with E-state index in [1.54, 1.807) is 7.11 Å². The lowest BCUT2D eigenvalue weighted by Gasteiger charge is -2.28. The van der Waals surface area contributed by atoms with Crippen molar-refractivity contribution in [2.45, 2.75) is 25.8 Å². The van der Waals surface area contributed by atoms with Crippen LogP contribution >= 0.6 is 0 Å². The van der Waals surface area contributed by atoms with E-state index in [9.17, 15) is 0 Å². The summed E-state index contributed by atoms with van der Waals surface area (Å²) in [5.74, 6) is 0.856. The van der Waals surface area contributed by atoms with Crippen molar-refractivity contribution in [1.29, 1.82) is 0 Å². The van der Waals surface area contributed by atoms with Gasteiger partial charge in [-0.3, -0.25) is 4.90 Å². The first-order chi connectivity index (χ1) is 11.8. The third-order valence-corrected chi connectivity index (χ3v) is 4.75. The molecule has 0 amide bonds. The van der Waals surface area contributed by atoms with Gasteiger partial charge in [0, 0.05) is 32.7 Å². The first-order valence-electron chi connectivity index (χ1n) is 8.43. The van der Waals surface area contributed by atoms with Crippen LogP contribution in [0, 0.1) is 0 Å². The molecule has 4 rings (SSSR count). The fraction of sp³-hybridized carbons (Fsp3) is 0.529. The van der Waals surface area contributed by atoms with Gasteiger partial charge in [-0.1, -0.05) is 17.3 Å². The molecule has 7 heteroatoms. The van der Waals surface area contributed by atoms with E-state index >= 15 is 0 Å². The molecule has 0 aliphatic carbocycles. The van der Waals surface area contributed by atoms with Crippen molar-refractivity contribution in [2.75, 3.05) is 33.3 Å². The molecule has 2 aliphatic rings. The van der Waals surface area contributed by atoms with Crippen LogP contribution in [-0.4, -0.2) is 53.2 Å². The number of nitrogens with one attached hydrogen (secondary N) is 1. The van der Waals surface area contributed by atoms with Gasteiger partial charge in [-0.25, -0.2) is 4.68 Å². The topological polar surface area (TPSA) is 64.4 Å². The first kappa shape index (κ1) is 15.6. The molecular formula is C17H23N5O2. The van der Waals surface area contributed by atoms with E-state index in [1.165, 1.54) is 0 Å². The van der Waals surface area contributed by atoms with Gasteiger partial charge in [-0.2, -0.15) is 0 Å². The Bertz CT molecular complexity index is 679. The van der Waals surface area contributed by atoms with Gasteiger partial charge in [0.2, 0.25) is 0 Å². The number of piperazine rings is 1. The second-order valence-corrected chi connectivity index (χ2v) is 6.26. The van der Waals surface area contributed by atoms with Crippen molar-refractivity contribution in [2.24, 2.45) is 0 Å². The van der Waals surface area contributed by atoms with E-state index in [0.29, 0.717) is 13.2 Å². The Balaban J connectivity index is 1.45. The number of rotatable bonds is 4. The molecule has 1 unspecified atom stereocenters. The van der Waals surface area contributed by atoms with Crippen LogP contribution in [0.4, 0.5) is 0 Å². The Morgan fingerprint density at radius 3 is 2.79 bits per heavy atom. The van der Waals surface area contributed by atoms with Gasteiger partial charge in [-0.15, -0.1) is 5.10 Å². The van der Waals surface area contributed by atoms with Crippen molar-refractivity contribution in [3.8, 4) is 5.75 Å². The van der Waals surface area contributed by atoms with Crippen LogP contribution in [0.3, 0.4) is 0 Å². The average Bonchev–Trinajstić information content (AvgIpc) is 3.05. The van der Waals surface area contributed by atoms with Crippen LogP contribution in [0.25, 0.3) is 0 Å². The first-order valence-corrected chi connectivity index (χ1v) is 8.43. The molecule has 3 heterocycles. The standard InChI is InChI=1S/C17H23N5O2/c1-23-14-4-2-13(3-5-14)17-11-22-16(12-24-17)15(19-20-22)10-21-8-6-18-7-9-21/h2-5,17-18H,6-12H2,1H3. The van der Waals surface area contributed by atoms with Crippen molar-refractivity contribution in [3.63, 3.8) is 0 Å². The lowest BCUT2D eigenvalue weighted by molar-refractivity contribution is -0.00214. The van der Waals surface area contributed by atoms with Crippen LogP contribution < -0.4 is 10.1 Å². The molecule has 1 saturated heterocycles. The monoisotopic (exact) mass is 329 g/mol. The SMILES string of the molecule is COc1ccc(C2Cn3nnc(CN4CCNCC4)c3CO2)cc1. The molecule has 1 fully saturated rings. The Hall–Kier alpha value is -1.96. The highest BCUT2D eigenvalue weighted by Crippen LogP contribution is 2.28. The molecule has 7 nitrogen and oxygen atoms in total. The summed E-state index contributed by atoms with van der Waals surface area (Å²) in [7, 11) is 1.67. The number of fused-ring (bicyclic) bond motifs is 1. The van der Waals surface area contributed by atoms with E-state index < -0.39 is 0 Å². The van der Waals surface area contributed by atoms with Gasteiger partial charge < -0.3 is 14.8 Å². The molecule has 2 aliphatic heterocycles. The molecule has 1 N–H and O–H groups in total. The van der Waals surface area contributed by atoms with Gasteiger partial charge in [0.15, 0.2) is 0 Å². The van der Waals surface area contributed by atoms with Crippen molar-refractivity contribution >= 4 is 0 Å². The lowest BCUT2D eigenvalue weighted by atomic mass is 10.1. The van der Waals surface area contributed by atoms with Crippen molar-refractivity contribution in [3.05, 3.63) is 41.2 Å². The number of hydrogen-bond donors (Lipinski definition) is 1. The molecule has 0 spiro atoms. The van der Waals surface area contributed by atoms with E-state index in [1.807, 2.05) is 28.9 Å². The Morgan fingerprint density at radius 1 is 1.25 bits per heavy atom. The fourth-order valence-electron chi connectivity index (χ4n) is 3.29. The predicted molar refractivity (Wildman–Crippen MR) is 88.7 cm³/mol. The van der Waals surface area contributed by atoms with Crippen LogP contribution in [0.15, 0.2) is 24.3 Å². The molecule has 0 radical (unpaired) electrons. The molecule has 1 aromatic carbocycles. The van der Waals surface area contributed by atoms with Gasteiger partial charge in [0.05, 0.1) is 26.0 Å². The summed E-state index contributed by atoms with van der Waals surface area (Å²) in [5, 5.41) is 12.1. The summed E-state index contributed by atoms with van der Waals surface area (Å²) in [5.41, 5.74) is 3.30. The smallest absolute Gasteiger partial charge is 0.118 e. The van der Waals surface area contributed by atoms with E-state index in [-0.39, 0.29) is 6.10 Å². The zero-order chi connectivity index (χ0) is 16.4. The summed E-state index contributed by atoms with van der Waals surface area (Å²) in [6.07, 6.45) is 0.0112. The normalized spacial score (nSPS) is 21.5. The van der Waals surface area contributed by atoms with Crippen LogP contribution in [0.1, 0.15) is 23.1 Å². The van der Waals surface area contributed by atoms with E-state index in [4.69, 9.17) is 9.47 Å². The maximum absolute atomic E-state index is 6.08. The fourth-order valence-corrected chi connectivity index (χ4v) is 3.29. The van der Waals surface area contributed by atoms with Gasteiger partial charge in [0.1, 0.15) is 17.5 Å². The minimum Gasteiger partial charge on any atom is -0.497 e. The third-order valence-electron chi connectivity index (χ3n) is 4.75. The van der Waals surface area contributed by atoms with Crippen LogP contribution in [-0.2, 0) is 24.4 Å². The summed E-state index contributed by atoms with van der Waals surface area (Å²) < 4.78 is 13.3. The Kier molecular flexibility index (Phi) is 4.46. The number of methoxy groups -OCH3 is 1. The third kappa shape index (κ3) is 3.15. The highest BCUT2D eigenvalue weighted by Gasteiger charge is 2.26. The average molecular weight is 329 g/mol. The van der Waals surface area contributed by atoms with Crippen molar-refractivity contribution in [1.82, 2.24) is 25.2 Å². The number of benzene rings is 1. The molecule has 24 heavy (non-hydrogen) atoms. The number of ether oxygens (including phenoxy) is 2. The lowest BCUT2D eigenvalue weighted by Crippen LogP contribution is -2.43. The van der Waals surface area contributed by atoms with Gasteiger partial charge in [-0.05, 0) is 17.7 Å². The Morgan fingerprint density at radius 2 is 2.04 bits per heavy atom. The number of aromatic nitrogens is 3. The molecule has 128 valence electrons. The van der Waals surface area contributed by atoms with Gasteiger partial charge in [0.25, 0.3) is 0 Å². The summed E-state index contributed by atoms with van der Waals surface area (Å²) in [4.78, 5) is 2.41. The molecule has 1 atom stereocenters. The second kappa shape index (κ2) is 6.88. The molecule has 0 saturated carbocycles. The maximum Gasteiger partial charge on any atom is 0.118 e. The summed E-state index contributed by atoms with van der Waals surface area (Å²) in [6, 6.07) is 8.02. The minimum absolute atomic E-state index is 0.0112. The second-order valence-electron chi connectivity index (χ2n) is 6.26. The van der Waals surface area contributed by atoms with Crippen LogP contribution in [0.5, 0.6) is 5.75 Å². The highest BCUT2D eigenvalue weighted by molar-refractivity contribution is 5.29. The van der Waals surface area contributed by atoms with Crippen molar-refractivity contribution < 1.29 is 9.47 Å². The predicted octanol–water partition coefficient (Wildman–Crippen LogP) is 0.963. The van der Waals surface area contributed by atoms with Crippen LogP contribution in [0.2, 0.25) is 0 Å². The zero-order valence-corrected chi connectivity index (χ0v) is 13.9. The molecule has 2 aromatic rings. The summed E-state index contributed by atoms with van der Waals surface area (Å²) in [6.45, 7) is 6.32. The van der Waals surface area contributed by atoms with Gasteiger partial charge >= 0.3 is 0 Å². The Labute approximate surface area is 141 Å². The number of nitrogens with zero attached hydrogens (tertiary/aromatic N) is 4. The van der Waals surface area contributed by atoms with E-state index in [0.717, 1.165) is 55.4 Å². The van der Waals surface area contributed by atoms with E-state index in [2.05, 4.69) is 20.5 Å². The molecule has 1 aromatic heterocycles. The summed E-state index contributed by atoms with van der Waals surface area (Å²) >= 11 is 0. The molecular weight excluding hydrogens is 306 g/mol. The largest absolute Gasteiger partial charge is 0.497 e. The maximum atomic E-state index is 6.08. The zero-order valence-electron chi connectivity index (χ0n) is 13.9.